The first-order chi connectivity index (χ1) is 14.6. The summed E-state index contributed by atoms with van der Waals surface area (Å²) in [6.45, 7) is 1.94. The third kappa shape index (κ3) is 4.47. The minimum absolute atomic E-state index is 0.168. The Hall–Kier alpha value is -3.71. The van der Waals surface area contributed by atoms with Crippen molar-refractivity contribution in [2.45, 2.75) is 13.0 Å². The van der Waals surface area contributed by atoms with Crippen LogP contribution < -0.4 is 10.6 Å². The summed E-state index contributed by atoms with van der Waals surface area (Å²) in [6.07, 6.45) is 5.35. The Morgan fingerprint density at radius 2 is 1.87 bits per heavy atom. The highest BCUT2D eigenvalue weighted by atomic mass is 32.1. The van der Waals surface area contributed by atoms with Crippen LogP contribution >= 0.6 is 11.3 Å². The number of hydrogen-bond acceptors (Lipinski definition) is 4. The van der Waals surface area contributed by atoms with Crippen molar-refractivity contribution < 1.29 is 9.59 Å². The molecule has 2 aromatic heterocycles. The number of rotatable bonds is 6. The molecule has 1 atom stereocenters. The maximum Gasteiger partial charge on any atom is 0.265 e. The fraction of sp³-hybridized carbons (Fsp3) is 0.0870. The average Bonchev–Trinajstić information content (AvgIpc) is 3.48. The number of nitrogens with one attached hydrogen (secondary N) is 2. The molecule has 2 aromatic carbocycles. The van der Waals surface area contributed by atoms with E-state index in [0.29, 0.717) is 16.1 Å². The molecule has 4 rings (SSSR count). The van der Waals surface area contributed by atoms with Crippen LogP contribution in [0.25, 0.3) is 5.69 Å². The molecule has 0 saturated heterocycles. The lowest BCUT2D eigenvalue weighted by Crippen LogP contribution is -2.26. The topological polar surface area (TPSA) is 76.0 Å². The van der Waals surface area contributed by atoms with Gasteiger partial charge in [-0.3, -0.25) is 9.59 Å². The molecule has 2 heterocycles. The van der Waals surface area contributed by atoms with Gasteiger partial charge >= 0.3 is 0 Å². The van der Waals surface area contributed by atoms with Crippen LogP contribution in [0.2, 0.25) is 0 Å². The van der Waals surface area contributed by atoms with Gasteiger partial charge in [0.15, 0.2) is 0 Å². The third-order valence-corrected chi connectivity index (χ3v) is 5.54. The average molecular weight is 417 g/mol. The monoisotopic (exact) mass is 416 g/mol. The largest absolute Gasteiger partial charge is 0.346 e. The second-order valence-corrected chi connectivity index (χ2v) is 7.72. The van der Waals surface area contributed by atoms with Crippen LogP contribution in [0, 0.1) is 0 Å². The minimum Gasteiger partial charge on any atom is -0.346 e. The van der Waals surface area contributed by atoms with Crippen molar-refractivity contribution in [3.63, 3.8) is 0 Å². The molecule has 0 aliphatic carbocycles. The van der Waals surface area contributed by atoms with Gasteiger partial charge in [-0.1, -0.05) is 24.3 Å². The lowest BCUT2D eigenvalue weighted by Gasteiger charge is -2.15. The summed E-state index contributed by atoms with van der Waals surface area (Å²) in [5.74, 6) is -0.387. The maximum absolute atomic E-state index is 12.7. The molecule has 0 radical (unpaired) electrons. The number of carbonyl (C=O) groups is 2. The van der Waals surface area contributed by atoms with Crippen LogP contribution in [0.15, 0.2) is 84.8 Å². The molecule has 0 aliphatic rings. The Morgan fingerprint density at radius 3 is 2.57 bits per heavy atom. The molecule has 30 heavy (non-hydrogen) atoms. The van der Waals surface area contributed by atoms with E-state index in [1.54, 1.807) is 42.9 Å². The van der Waals surface area contributed by atoms with E-state index in [-0.39, 0.29) is 17.9 Å². The summed E-state index contributed by atoms with van der Waals surface area (Å²) >= 11 is 1.37. The molecule has 0 fully saturated rings. The summed E-state index contributed by atoms with van der Waals surface area (Å²) in [5.41, 5.74) is 3.07. The molecule has 0 unspecified atom stereocenters. The van der Waals surface area contributed by atoms with E-state index in [1.165, 1.54) is 11.3 Å². The minimum atomic E-state index is -0.201. The quantitative estimate of drug-likeness (QED) is 0.479. The van der Waals surface area contributed by atoms with Crippen molar-refractivity contribution in [2.75, 3.05) is 5.32 Å². The number of carbonyl (C=O) groups excluding carboxylic acids is 2. The zero-order valence-electron chi connectivity index (χ0n) is 16.3. The van der Waals surface area contributed by atoms with Crippen LogP contribution in [0.3, 0.4) is 0 Å². The van der Waals surface area contributed by atoms with Gasteiger partial charge in [0, 0.05) is 29.3 Å². The molecule has 6 nitrogen and oxygen atoms in total. The summed E-state index contributed by atoms with van der Waals surface area (Å²) in [7, 11) is 0. The van der Waals surface area contributed by atoms with Crippen molar-refractivity contribution in [3.05, 3.63) is 101 Å². The van der Waals surface area contributed by atoms with Gasteiger partial charge in [0.05, 0.1) is 17.2 Å². The molecule has 0 aliphatic heterocycles. The zero-order chi connectivity index (χ0) is 20.9. The smallest absolute Gasteiger partial charge is 0.265 e. The van der Waals surface area contributed by atoms with Crippen LogP contribution in [0.4, 0.5) is 5.69 Å². The van der Waals surface area contributed by atoms with E-state index in [0.717, 1.165) is 11.3 Å². The lowest BCUT2D eigenvalue weighted by atomic mass is 10.1. The van der Waals surface area contributed by atoms with Gasteiger partial charge in [-0.25, -0.2) is 4.98 Å². The van der Waals surface area contributed by atoms with Gasteiger partial charge in [0.1, 0.15) is 0 Å². The molecule has 7 heteroatoms. The molecule has 0 spiro atoms. The highest BCUT2D eigenvalue weighted by Crippen LogP contribution is 2.18. The normalized spacial score (nSPS) is 11.6. The van der Waals surface area contributed by atoms with Crippen LogP contribution in [-0.4, -0.2) is 21.4 Å². The highest BCUT2D eigenvalue weighted by Gasteiger charge is 2.13. The van der Waals surface area contributed by atoms with Crippen LogP contribution in [0.5, 0.6) is 0 Å². The second kappa shape index (κ2) is 8.75. The van der Waals surface area contributed by atoms with Crippen molar-refractivity contribution in [1.29, 1.82) is 0 Å². The molecule has 2 N–H and O–H groups in total. The second-order valence-electron chi connectivity index (χ2n) is 6.77. The third-order valence-electron chi connectivity index (χ3n) is 4.67. The van der Waals surface area contributed by atoms with E-state index in [4.69, 9.17) is 0 Å². The van der Waals surface area contributed by atoms with Crippen LogP contribution in [0.1, 0.15) is 38.6 Å². The summed E-state index contributed by atoms with van der Waals surface area (Å²) < 4.78 is 1.92. The molecule has 0 bridgehead atoms. The highest BCUT2D eigenvalue weighted by molar-refractivity contribution is 7.12. The molecular weight excluding hydrogens is 396 g/mol. The Bertz CT molecular complexity index is 1140. The number of thiophene rings is 1. The first-order valence-corrected chi connectivity index (χ1v) is 10.3. The summed E-state index contributed by atoms with van der Waals surface area (Å²) in [4.78, 5) is 29.6. The fourth-order valence-corrected chi connectivity index (χ4v) is 3.67. The Kier molecular flexibility index (Phi) is 5.72. The van der Waals surface area contributed by atoms with E-state index >= 15 is 0 Å². The molecule has 0 saturated carbocycles. The Balaban J connectivity index is 1.41. The van der Waals surface area contributed by atoms with Gasteiger partial charge in [0.2, 0.25) is 0 Å². The molecule has 150 valence electrons. The molecule has 2 amide bonds. The fourth-order valence-electron chi connectivity index (χ4n) is 3.05. The van der Waals surface area contributed by atoms with Gasteiger partial charge in [-0.05, 0) is 54.3 Å². The Morgan fingerprint density at radius 1 is 1.03 bits per heavy atom. The van der Waals surface area contributed by atoms with E-state index < -0.39 is 0 Å². The van der Waals surface area contributed by atoms with Crippen molar-refractivity contribution in [1.82, 2.24) is 14.9 Å². The van der Waals surface area contributed by atoms with E-state index in [9.17, 15) is 9.59 Å². The van der Waals surface area contributed by atoms with Crippen molar-refractivity contribution >= 4 is 28.8 Å². The molecular formula is C23H20N4O2S. The number of benzene rings is 2. The first-order valence-electron chi connectivity index (χ1n) is 9.44. The van der Waals surface area contributed by atoms with E-state index in [2.05, 4.69) is 15.6 Å². The van der Waals surface area contributed by atoms with Gasteiger partial charge in [-0.2, -0.15) is 0 Å². The summed E-state index contributed by atoms with van der Waals surface area (Å²) in [5, 5.41) is 7.68. The van der Waals surface area contributed by atoms with E-state index in [1.807, 2.05) is 53.4 Å². The Labute approximate surface area is 178 Å². The number of hydrogen-bond donors (Lipinski definition) is 2. The van der Waals surface area contributed by atoms with Crippen LogP contribution in [-0.2, 0) is 0 Å². The first kappa shape index (κ1) is 19.6. The molecule has 4 aromatic rings. The standard InChI is InChI=1S/C23H20N4O2S/c1-16(17-7-9-20(10-8-17)27-12-11-24-15-27)25-22(28)18-4-2-5-19(14-18)26-23(29)21-6-3-13-30-21/h2-16H,1H3,(H,25,28)(H,26,29)/t16-/m1/s1. The number of aromatic nitrogens is 2. The number of imidazole rings is 1. The van der Waals surface area contributed by atoms with Gasteiger partial charge < -0.3 is 15.2 Å². The maximum atomic E-state index is 12.7. The van der Waals surface area contributed by atoms with Crippen molar-refractivity contribution in [2.24, 2.45) is 0 Å². The number of anilines is 1. The zero-order valence-corrected chi connectivity index (χ0v) is 17.1. The van der Waals surface area contributed by atoms with Gasteiger partial charge in [0.25, 0.3) is 11.8 Å². The predicted molar refractivity (Wildman–Crippen MR) is 118 cm³/mol. The SMILES string of the molecule is C[C@@H](NC(=O)c1cccc(NC(=O)c2cccs2)c1)c1ccc(-n2ccnc2)cc1. The number of nitrogens with zero attached hydrogens (tertiary/aromatic N) is 2. The van der Waals surface area contributed by atoms with Gasteiger partial charge in [-0.15, -0.1) is 11.3 Å². The predicted octanol–water partition coefficient (Wildman–Crippen LogP) is 4.68. The number of amides is 2. The van der Waals surface area contributed by atoms with Crippen molar-refractivity contribution in [3.8, 4) is 5.69 Å². The lowest BCUT2D eigenvalue weighted by molar-refractivity contribution is 0.0938. The summed E-state index contributed by atoms with van der Waals surface area (Å²) in [6, 6.07) is 18.3.